The van der Waals surface area contributed by atoms with E-state index in [1.54, 1.807) is 7.11 Å². The van der Waals surface area contributed by atoms with E-state index >= 15 is 0 Å². The van der Waals surface area contributed by atoms with Gasteiger partial charge in [-0.15, -0.1) is 0 Å². The summed E-state index contributed by atoms with van der Waals surface area (Å²) >= 11 is 3.43. The zero-order chi connectivity index (χ0) is 16.5. The minimum atomic E-state index is -0.0754. The molecule has 0 rings (SSSR count). The van der Waals surface area contributed by atoms with Gasteiger partial charge in [0.1, 0.15) is 6.61 Å². The first-order valence-corrected chi connectivity index (χ1v) is 10.1. The lowest BCUT2D eigenvalue weighted by Gasteiger charge is -2.15. The summed E-state index contributed by atoms with van der Waals surface area (Å²) in [5.74, 6) is -0.0754. The summed E-state index contributed by atoms with van der Waals surface area (Å²) in [6.45, 7) is 2.63. The zero-order valence-corrected chi connectivity index (χ0v) is 16.2. The molecule has 0 aromatic carbocycles. The summed E-state index contributed by atoms with van der Waals surface area (Å²) < 4.78 is 10.7. The van der Waals surface area contributed by atoms with Crippen LogP contribution in [0.2, 0.25) is 0 Å². The Kier molecular flexibility index (Phi) is 17.2. The maximum absolute atomic E-state index is 11.7. The third-order valence-electron chi connectivity index (χ3n) is 3.91. The third kappa shape index (κ3) is 14.8. The highest BCUT2D eigenvalue weighted by Crippen LogP contribution is 2.11. The molecule has 0 aromatic heterocycles. The second-order valence-corrected chi connectivity index (χ2v) is 6.74. The molecule has 1 atom stereocenters. The molecule has 1 unspecified atom stereocenters. The van der Waals surface area contributed by atoms with Gasteiger partial charge in [-0.1, -0.05) is 74.2 Å². The van der Waals surface area contributed by atoms with Crippen LogP contribution in [0.1, 0.15) is 84.0 Å². The van der Waals surface area contributed by atoms with Crippen molar-refractivity contribution in [2.45, 2.75) is 90.1 Å². The van der Waals surface area contributed by atoms with Crippen molar-refractivity contribution in [3.63, 3.8) is 0 Å². The van der Waals surface area contributed by atoms with Gasteiger partial charge in [0.25, 0.3) is 0 Å². The number of rotatable bonds is 16. The minimum Gasteiger partial charge on any atom is -0.463 e. The fourth-order valence-electron chi connectivity index (χ4n) is 2.40. The second kappa shape index (κ2) is 17.3. The fraction of sp³-hybridized carbons (Fsp3) is 0.944. The van der Waals surface area contributed by atoms with Crippen LogP contribution >= 0.6 is 15.9 Å². The summed E-state index contributed by atoms with van der Waals surface area (Å²) in [5, 5.41) is 1.08. The number of ether oxygens (including phenoxy) is 2. The first-order chi connectivity index (χ1) is 10.7. The predicted molar refractivity (Wildman–Crippen MR) is 96.6 cm³/mol. The van der Waals surface area contributed by atoms with Crippen molar-refractivity contribution >= 4 is 21.9 Å². The van der Waals surface area contributed by atoms with Crippen LogP contribution < -0.4 is 0 Å². The van der Waals surface area contributed by atoms with Crippen molar-refractivity contribution in [3.05, 3.63) is 0 Å². The molecule has 3 nitrogen and oxygen atoms in total. The number of methoxy groups -OCH3 is 1. The molecule has 0 aliphatic rings. The average molecular weight is 379 g/mol. The Bertz CT molecular complexity index is 246. The van der Waals surface area contributed by atoms with Gasteiger partial charge in [0, 0.05) is 18.9 Å². The Hall–Kier alpha value is -0.0900. The van der Waals surface area contributed by atoms with Crippen LogP contribution in [0.15, 0.2) is 0 Å². The van der Waals surface area contributed by atoms with Gasteiger partial charge in [0.05, 0.1) is 6.10 Å². The average Bonchev–Trinajstić information content (AvgIpc) is 2.53. The van der Waals surface area contributed by atoms with E-state index in [4.69, 9.17) is 9.47 Å². The van der Waals surface area contributed by atoms with E-state index in [9.17, 15) is 4.79 Å². The summed E-state index contributed by atoms with van der Waals surface area (Å²) in [4.78, 5) is 11.7. The number of alkyl halides is 1. The number of carbonyl (C=O) groups excluding carboxylic acids is 1. The lowest BCUT2D eigenvalue weighted by molar-refractivity contribution is -0.147. The molecule has 0 bridgehead atoms. The van der Waals surface area contributed by atoms with Crippen LogP contribution in [0.3, 0.4) is 0 Å². The number of hydrogen-bond acceptors (Lipinski definition) is 3. The van der Waals surface area contributed by atoms with E-state index in [1.165, 1.54) is 44.9 Å². The molecule has 0 aliphatic heterocycles. The predicted octanol–water partition coefficient (Wildman–Crippen LogP) is 5.64. The zero-order valence-electron chi connectivity index (χ0n) is 14.6. The van der Waals surface area contributed by atoms with Crippen LogP contribution in [-0.4, -0.2) is 31.1 Å². The van der Waals surface area contributed by atoms with Crippen molar-refractivity contribution < 1.29 is 14.3 Å². The van der Waals surface area contributed by atoms with Crippen molar-refractivity contribution in [1.82, 2.24) is 0 Å². The molecule has 0 spiro atoms. The lowest BCUT2D eigenvalue weighted by atomic mass is 10.1. The molecule has 132 valence electrons. The Morgan fingerprint density at radius 2 is 1.59 bits per heavy atom. The van der Waals surface area contributed by atoms with Crippen molar-refractivity contribution in [2.24, 2.45) is 0 Å². The Morgan fingerprint density at radius 3 is 2.27 bits per heavy atom. The molecule has 0 N–H and O–H groups in total. The second-order valence-electron chi connectivity index (χ2n) is 5.95. The normalized spacial score (nSPS) is 12.3. The molecule has 0 saturated carbocycles. The molecule has 0 aliphatic carbocycles. The highest BCUT2D eigenvalue weighted by atomic mass is 79.9. The Morgan fingerprint density at radius 1 is 0.955 bits per heavy atom. The summed E-state index contributed by atoms with van der Waals surface area (Å²) in [6, 6.07) is 0. The van der Waals surface area contributed by atoms with Gasteiger partial charge in [0.2, 0.25) is 0 Å². The van der Waals surface area contributed by atoms with E-state index in [1.807, 2.05) is 0 Å². The summed E-state index contributed by atoms with van der Waals surface area (Å²) in [7, 11) is 1.70. The summed E-state index contributed by atoms with van der Waals surface area (Å²) in [5.41, 5.74) is 0. The highest BCUT2D eigenvalue weighted by molar-refractivity contribution is 9.09. The van der Waals surface area contributed by atoms with E-state index in [2.05, 4.69) is 22.9 Å². The van der Waals surface area contributed by atoms with Crippen LogP contribution in [0.4, 0.5) is 0 Å². The van der Waals surface area contributed by atoms with E-state index in [0.717, 1.165) is 31.0 Å². The number of unbranched alkanes of at least 4 members (excludes halogenated alkanes) is 8. The first kappa shape index (κ1) is 21.9. The van der Waals surface area contributed by atoms with Crippen molar-refractivity contribution in [2.75, 3.05) is 19.0 Å². The molecule has 0 fully saturated rings. The van der Waals surface area contributed by atoms with Crippen LogP contribution in [0.25, 0.3) is 0 Å². The quantitative estimate of drug-likeness (QED) is 0.198. The fourth-order valence-corrected chi connectivity index (χ4v) is 2.79. The number of hydrogen-bond donors (Lipinski definition) is 0. The van der Waals surface area contributed by atoms with E-state index in [0.29, 0.717) is 13.0 Å². The minimum absolute atomic E-state index is 0.0597. The topological polar surface area (TPSA) is 35.5 Å². The van der Waals surface area contributed by atoms with Crippen molar-refractivity contribution in [1.29, 1.82) is 0 Å². The van der Waals surface area contributed by atoms with Gasteiger partial charge in [0.15, 0.2) is 0 Å². The highest BCUT2D eigenvalue weighted by Gasteiger charge is 2.10. The monoisotopic (exact) mass is 378 g/mol. The molecule has 4 heteroatoms. The third-order valence-corrected chi connectivity index (χ3v) is 4.47. The van der Waals surface area contributed by atoms with Crippen LogP contribution in [-0.2, 0) is 14.3 Å². The van der Waals surface area contributed by atoms with E-state index in [-0.39, 0.29) is 12.1 Å². The van der Waals surface area contributed by atoms with Gasteiger partial charge in [-0.05, 0) is 19.3 Å². The van der Waals surface area contributed by atoms with Gasteiger partial charge in [-0.3, -0.25) is 4.79 Å². The Labute approximate surface area is 145 Å². The van der Waals surface area contributed by atoms with Crippen molar-refractivity contribution in [3.8, 4) is 0 Å². The SMILES string of the molecule is CCCCCCCC(COC(=O)CCCCCCCBr)OC. The maximum atomic E-state index is 11.7. The molecule has 0 radical (unpaired) electrons. The molecule has 0 amide bonds. The maximum Gasteiger partial charge on any atom is 0.305 e. The molecular weight excluding hydrogens is 344 g/mol. The van der Waals surface area contributed by atoms with Crippen LogP contribution in [0, 0.1) is 0 Å². The lowest BCUT2D eigenvalue weighted by Crippen LogP contribution is -2.20. The van der Waals surface area contributed by atoms with Gasteiger partial charge < -0.3 is 9.47 Å². The van der Waals surface area contributed by atoms with Gasteiger partial charge in [-0.25, -0.2) is 0 Å². The van der Waals surface area contributed by atoms with Crippen LogP contribution in [0.5, 0.6) is 0 Å². The largest absolute Gasteiger partial charge is 0.463 e. The number of esters is 1. The summed E-state index contributed by atoms with van der Waals surface area (Å²) in [6.07, 6.45) is 13.6. The van der Waals surface area contributed by atoms with Gasteiger partial charge in [-0.2, -0.15) is 0 Å². The van der Waals surface area contributed by atoms with Gasteiger partial charge >= 0.3 is 5.97 Å². The Balaban J connectivity index is 3.51. The molecule has 22 heavy (non-hydrogen) atoms. The molecule has 0 saturated heterocycles. The smallest absolute Gasteiger partial charge is 0.305 e. The van der Waals surface area contributed by atoms with E-state index < -0.39 is 0 Å². The molecule has 0 heterocycles. The standard InChI is InChI=1S/C18H35BrO3/c1-3-4-5-7-10-13-17(21-2)16-22-18(20)14-11-8-6-9-12-15-19/h17H,3-16H2,1-2H3. The first-order valence-electron chi connectivity index (χ1n) is 8.99. The number of carbonyl (C=O) groups is 1. The number of halogens is 1. The molecule has 0 aromatic rings. The molecular formula is C18H35BrO3.